The van der Waals surface area contributed by atoms with E-state index in [1.165, 1.54) is 11.3 Å². The zero-order valence-corrected chi connectivity index (χ0v) is 14.8. The van der Waals surface area contributed by atoms with Crippen LogP contribution in [0, 0.1) is 0 Å². The molecule has 0 unspecified atom stereocenters. The Morgan fingerprint density at radius 2 is 1.92 bits per heavy atom. The van der Waals surface area contributed by atoms with E-state index < -0.39 is 0 Å². The van der Waals surface area contributed by atoms with E-state index in [9.17, 15) is 4.79 Å². The van der Waals surface area contributed by atoms with Crippen LogP contribution in [0.15, 0.2) is 72.4 Å². The first-order chi connectivity index (χ1) is 12.8. The average molecular weight is 360 g/mol. The zero-order valence-electron chi connectivity index (χ0n) is 14.0. The third kappa shape index (κ3) is 3.63. The van der Waals surface area contributed by atoms with Crippen molar-refractivity contribution in [3.63, 3.8) is 0 Å². The second-order valence-corrected chi connectivity index (χ2v) is 6.72. The lowest BCUT2D eigenvalue weighted by molar-refractivity contribution is -0.144. The number of aromatic nitrogens is 2. The number of ether oxygens (including phenoxy) is 1. The number of pyridine rings is 1. The maximum Gasteiger partial charge on any atom is 0.312 e. The summed E-state index contributed by atoms with van der Waals surface area (Å²) < 4.78 is 5.47. The largest absolute Gasteiger partial charge is 0.460 e. The number of esters is 1. The number of thiazole rings is 1. The van der Waals surface area contributed by atoms with Gasteiger partial charge in [-0.2, -0.15) is 0 Å². The lowest BCUT2D eigenvalue weighted by Crippen LogP contribution is -2.08. The fraction of sp³-hybridized carbons (Fsp3) is 0.0952. The molecule has 26 heavy (non-hydrogen) atoms. The highest BCUT2D eigenvalue weighted by atomic mass is 32.1. The summed E-state index contributed by atoms with van der Waals surface area (Å²) in [4.78, 5) is 20.8. The van der Waals surface area contributed by atoms with Crippen LogP contribution in [0.1, 0.15) is 11.3 Å². The molecule has 0 spiro atoms. The van der Waals surface area contributed by atoms with E-state index in [1.54, 1.807) is 12.4 Å². The van der Waals surface area contributed by atoms with E-state index >= 15 is 0 Å². The fourth-order valence-corrected chi connectivity index (χ4v) is 3.60. The molecule has 0 fully saturated rings. The second-order valence-electron chi connectivity index (χ2n) is 5.86. The molecule has 0 amide bonds. The maximum atomic E-state index is 12.2. The van der Waals surface area contributed by atoms with Gasteiger partial charge in [-0.05, 0) is 28.5 Å². The number of nitrogens with zero attached hydrogens (tertiary/aromatic N) is 2. The zero-order chi connectivity index (χ0) is 17.8. The van der Waals surface area contributed by atoms with Crippen LogP contribution in [-0.4, -0.2) is 15.9 Å². The predicted octanol–water partition coefficient (Wildman–Crippen LogP) is 4.64. The maximum absolute atomic E-state index is 12.2. The summed E-state index contributed by atoms with van der Waals surface area (Å²) in [6, 6.07) is 17.9. The summed E-state index contributed by atoms with van der Waals surface area (Å²) in [7, 11) is 0. The van der Waals surface area contributed by atoms with Crippen LogP contribution in [0.2, 0.25) is 0 Å². The standard InChI is InChI=1S/C21H16N2O2S/c24-20(11-18-14-26-21(23-18)16-8-4-10-22-12-16)25-13-17-7-3-6-15-5-1-2-9-19(15)17/h1-10,12,14H,11,13H2. The molecule has 2 aromatic heterocycles. The van der Waals surface area contributed by atoms with Crippen molar-refractivity contribution in [2.24, 2.45) is 0 Å². The summed E-state index contributed by atoms with van der Waals surface area (Å²) in [6.07, 6.45) is 3.66. The molecule has 0 saturated heterocycles. The van der Waals surface area contributed by atoms with E-state index in [2.05, 4.69) is 22.1 Å². The Balaban J connectivity index is 1.41. The number of benzene rings is 2. The van der Waals surface area contributed by atoms with Crippen LogP contribution in [0.25, 0.3) is 21.3 Å². The molecule has 5 heteroatoms. The van der Waals surface area contributed by atoms with Gasteiger partial charge in [-0.25, -0.2) is 4.98 Å². The molecule has 0 aliphatic rings. The first-order valence-corrected chi connectivity index (χ1v) is 9.14. The van der Waals surface area contributed by atoms with E-state index in [-0.39, 0.29) is 19.0 Å². The quantitative estimate of drug-likeness (QED) is 0.486. The minimum absolute atomic E-state index is 0.168. The van der Waals surface area contributed by atoms with Crippen LogP contribution in [-0.2, 0) is 22.6 Å². The molecule has 0 aliphatic carbocycles. The molecular weight excluding hydrogens is 344 g/mol. The van der Waals surface area contributed by atoms with Gasteiger partial charge in [0.15, 0.2) is 0 Å². The monoisotopic (exact) mass is 360 g/mol. The Labute approximate surface area is 155 Å². The van der Waals surface area contributed by atoms with Crippen molar-refractivity contribution < 1.29 is 9.53 Å². The van der Waals surface area contributed by atoms with E-state index in [4.69, 9.17) is 4.74 Å². The van der Waals surface area contributed by atoms with Crippen molar-refractivity contribution in [3.8, 4) is 10.6 Å². The van der Waals surface area contributed by atoms with Gasteiger partial charge in [0.25, 0.3) is 0 Å². The third-order valence-electron chi connectivity index (χ3n) is 4.05. The molecule has 4 rings (SSSR count). The Morgan fingerprint density at radius 1 is 1.04 bits per heavy atom. The highest BCUT2D eigenvalue weighted by Gasteiger charge is 2.11. The number of hydrogen-bond donors (Lipinski definition) is 0. The number of carbonyl (C=O) groups excluding carboxylic acids is 1. The van der Waals surface area contributed by atoms with Crippen molar-refractivity contribution in [2.75, 3.05) is 0 Å². The van der Waals surface area contributed by atoms with Gasteiger partial charge in [-0.15, -0.1) is 11.3 Å². The van der Waals surface area contributed by atoms with Gasteiger partial charge in [0.2, 0.25) is 0 Å². The van der Waals surface area contributed by atoms with Crippen molar-refractivity contribution in [1.29, 1.82) is 0 Å². The van der Waals surface area contributed by atoms with Crippen LogP contribution in [0.5, 0.6) is 0 Å². The van der Waals surface area contributed by atoms with E-state index in [0.29, 0.717) is 0 Å². The summed E-state index contributed by atoms with van der Waals surface area (Å²) in [6.45, 7) is 0.264. The van der Waals surface area contributed by atoms with Gasteiger partial charge in [0.1, 0.15) is 11.6 Å². The highest BCUT2D eigenvalue weighted by Crippen LogP contribution is 2.23. The van der Waals surface area contributed by atoms with Crippen LogP contribution in [0.4, 0.5) is 0 Å². The SMILES string of the molecule is O=C(Cc1csc(-c2cccnc2)n1)OCc1cccc2ccccc12. The number of carbonyl (C=O) groups is 1. The number of hydrogen-bond acceptors (Lipinski definition) is 5. The van der Waals surface area contributed by atoms with Crippen LogP contribution < -0.4 is 0 Å². The van der Waals surface area contributed by atoms with Gasteiger partial charge in [0.05, 0.1) is 12.1 Å². The van der Waals surface area contributed by atoms with Crippen LogP contribution in [0.3, 0.4) is 0 Å². The van der Waals surface area contributed by atoms with Crippen molar-refractivity contribution in [1.82, 2.24) is 9.97 Å². The van der Waals surface area contributed by atoms with Crippen molar-refractivity contribution in [3.05, 3.63) is 83.6 Å². The van der Waals surface area contributed by atoms with Gasteiger partial charge in [-0.3, -0.25) is 9.78 Å². The summed E-state index contributed by atoms with van der Waals surface area (Å²) >= 11 is 1.50. The number of rotatable bonds is 5. The Morgan fingerprint density at radius 3 is 2.81 bits per heavy atom. The summed E-state index contributed by atoms with van der Waals surface area (Å²) in [5, 5.41) is 4.99. The molecule has 0 radical (unpaired) electrons. The molecule has 0 saturated carbocycles. The summed E-state index contributed by atoms with van der Waals surface area (Å²) in [5.41, 5.74) is 2.68. The lowest BCUT2D eigenvalue weighted by Gasteiger charge is -2.07. The smallest absolute Gasteiger partial charge is 0.312 e. The first kappa shape index (κ1) is 16.4. The topological polar surface area (TPSA) is 52.1 Å². The van der Waals surface area contributed by atoms with Crippen molar-refractivity contribution >= 4 is 28.1 Å². The highest BCUT2D eigenvalue weighted by molar-refractivity contribution is 7.13. The molecular formula is C21H16N2O2S. The Hall–Kier alpha value is -3.05. The van der Waals surface area contributed by atoms with Gasteiger partial charge >= 0.3 is 5.97 Å². The molecule has 4 nitrogen and oxygen atoms in total. The molecule has 0 bridgehead atoms. The normalized spacial score (nSPS) is 10.8. The van der Waals surface area contributed by atoms with Gasteiger partial charge in [0, 0.05) is 23.3 Å². The van der Waals surface area contributed by atoms with E-state index in [0.717, 1.165) is 32.6 Å². The minimum atomic E-state index is -0.277. The molecule has 0 atom stereocenters. The molecule has 2 heterocycles. The average Bonchev–Trinajstić information content (AvgIpc) is 3.15. The van der Waals surface area contributed by atoms with E-state index in [1.807, 2.05) is 47.8 Å². The number of fused-ring (bicyclic) bond motifs is 1. The molecule has 2 aromatic carbocycles. The van der Waals surface area contributed by atoms with Crippen molar-refractivity contribution in [2.45, 2.75) is 13.0 Å². The molecule has 0 N–H and O–H groups in total. The predicted molar refractivity (Wildman–Crippen MR) is 103 cm³/mol. The van der Waals surface area contributed by atoms with Gasteiger partial charge in [-0.1, -0.05) is 42.5 Å². The Kier molecular flexibility index (Phi) is 4.71. The first-order valence-electron chi connectivity index (χ1n) is 8.27. The molecule has 128 valence electrons. The van der Waals surface area contributed by atoms with Crippen LogP contribution >= 0.6 is 11.3 Å². The molecule has 0 aliphatic heterocycles. The second kappa shape index (κ2) is 7.45. The fourth-order valence-electron chi connectivity index (χ4n) is 2.79. The molecule has 4 aromatic rings. The third-order valence-corrected chi connectivity index (χ3v) is 4.99. The Bertz CT molecular complexity index is 1040. The lowest BCUT2D eigenvalue weighted by atomic mass is 10.1. The minimum Gasteiger partial charge on any atom is -0.460 e. The van der Waals surface area contributed by atoms with Gasteiger partial charge < -0.3 is 4.74 Å². The summed E-state index contributed by atoms with van der Waals surface area (Å²) in [5.74, 6) is -0.277.